The maximum atomic E-state index is 12.2. The zero-order chi connectivity index (χ0) is 15.9. The van der Waals surface area contributed by atoms with E-state index in [1.807, 2.05) is 6.26 Å². The average Bonchev–Trinajstić information content (AvgIpc) is 2.42. The van der Waals surface area contributed by atoms with Crippen LogP contribution in [0.5, 0.6) is 5.75 Å². The number of thioether (sulfide) groups is 1. The van der Waals surface area contributed by atoms with Gasteiger partial charge in [-0.15, -0.1) is 0 Å². The molecule has 118 valence electrons. The molecule has 1 aromatic carbocycles. The fourth-order valence-corrected chi connectivity index (χ4v) is 3.47. The smallest absolute Gasteiger partial charge is 0.307 e. The van der Waals surface area contributed by atoms with E-state index in [0.29, 0.717) is 18.7 Å². The lowest BCUT2D eigenvalue weighted by Crippen LogP contribution is -2.26. The van der Waals surface area contributed by atoms with Gasteiger partial charge in [0.1, 0.15) is 5.75 Å². The SMILES string of the molecule is COc1ccc(S(=O)(=O)NCCCSC)c(CC(=O)O)c1. The third-order valence-corrected chi connectivity index (χ3v) is 4.97. The van der Waals surface area contributed by atoms with Crippen LogP contribution in [0.15, 0.2) is 23.1 Å². The van der Waals surface area contributed by atoms with Crippen molar-refractivity contribution < 1.29 is 23.1 Å². The minimum Gasteiger partial charge on any atom is -0.497 e. The standard InChI is InChI=1S/C13H19NO5S2/c1-19-11-4-5-12(10(8-11)9-13(15)16)21(17,18)14-6-3-7-20-2/h4-5,8,14H,3,6-7,9H2,1-2H3,(H,15,16). The van der Waals surface area contributed by atoms with Gasteiger partial charge in [-0.3, -0.25) is 4.79 Å². The summed E-state index contributed by atoms with van der Waals surface area (Å²) < 4.78 is 32.0. The summed E-state index contributed by atoms with van der Waals surface area (Å²) in [6.07, 6.45) is 2.28. The molecule has 0 bridgehead atoms. The predicted molar refractivity (Wildman–Crippen MR) is 82.5 cm³/mol. The minimum absolute atomic E-state index is 0.0187. The van der Waals surface area contributed by atoms with Crippen molar-refractivity contribution in [1.29, 1.82) is 0 Å². The number of hydrogen-bond donors (Lipinski definition) is 2. The van der Waals surface area contributed by atoms with Crippen molar-refractivity contribution in [3.05, 3.63) is 23.8 Å². The summed E-state index contributed by atoms with van der Waals surface area (Å²) in [6.45, 7) is 0.321. The van der Waals surface area contributed by atoms with Crippen LogP contribution in [0.3, 0.4) is 0 Å². The van der Waals surface area contributed by atoms with Crippen LogP contribution >= 0.6 is 11.8 Å². The minimum atomic E-state index is -3.72. The summed E-state index contributed by atoms with van der Waals surface area (Å²) in [7, 11) is -2.28. The molecule has 0 fully saturated rings. The zero-order valence-electron chi connectivity index (χ0n) is 12.0. The molecule has 0 unspecified atom stereocenters. The van der Waals surface area contributed by atoms with Gasteiger partial charge >= 0.3 is 5.97 Å². The molecule has 6 nitrogen and oxygen atoms in total. The number of aliphatic carboxylic acids is 1. The zero-order valence-corrected chi connectivity index (χ0v) is 13.6. The molecule has 0 aliphatic rings. The summed E-state index contributed by atoms with van der Waals surface area (Å²) in [6, 6.07) is 4.31. The van der Waals surface area contributed by atoms with Crippen LogP contribution in [-0.4, -0.2) is 45.2 Å². The number of nitrogens with one attached hydrogen (secondary N) is 1. The lowest BCUT2D eigenvalue weighted by molar-refractivity contribution is -0.136. The predicted octanol–water partition coefficient (Wildman–Crippen LogP) is 1.35. The quantitative estimate of drug-likeness (QED) is 0.663. The monoisotopic (exact) mass is 333 g/mol. The third-order valence-electron chi connectivity index (χ3n) is 2.72. The first kappa shape index (κ1) is 17.8. The van der Waals surface area contributed by atoms with Crippen molar-refractivity contribution in [2.75, 3.05) is 25.7 Å². The van der Waals surface area contributed by atoms with Crippen molar-refractivity contribution >= 4 is 27.8 Å². The molecule has 0 radical (unpaired) electrons. The first-order valence-corrected chi connectivity index (χ1v) is 9.15. The van der Waals surface area contributed by atoms with Gasteiger partial charge in [-0.25, -0.2) is 13.1 Å². The second-order valence-corrected chi connectivity index (χ2v) is 7.01. The molecule has 8 heteroatoms. The van der Waals surface area contributed by atoms with Crippen LogP contribution in [0.2, 0.25) is 0 Å². The molecule has 1 aromatic rings. The first-order chi connectivity index (χ1) is 9.90. The third kappa shape index (κ3) is 5.56. The van der Waals surface area contributed by atoms with Crippen molar-refractivity contribution in [2.45, 2.75) is 17.7 Å². The molecule has 0 spiro atoms. The second kappa shape index (κ2) is 8.26. The number of hydrogen-bond acceptors (Lipinski definition) is 5. The van der Waals surface area contributed by atoms with Gasteiger partial charge in [0.2, 0.25) is 10.0 Å². The normalized spacial score (nSPS) is 11.3. The highest BCUT2D eigenvalue weighted by Crippen LogP contribution is 2.22. The molecule has 0 heterocycles. The van der Waals surface area contributed by atoms with Gasteiger partial charge < -0.3 is 9.84 Å². The Morgan fingerprint density at radius 3 is 2.71 bits per heavy atom. The number of ether oxygens (including phenoxy) is 1. The van der Waals surface area contributed by atoms with Gasteiger partial charge in [0.15, 0.2) is 0 Å². The molecule has 0 atom stereocenters. The highest BCUT2D eigenvalue weighted by Gasteiger charge is 2.20. The number of rotatable bonds is 9. The van der Waals surface area contributed by atoms with E-state index in [2.05, 4.69) is 4.72 Å². The summed E-state index contributed by atoms with van der Waals surface area (Å²) in [5, 5.41) is 8.91. The van der Waals surface area contributed by atoms with Gasteiger partial charge in [0, 0.05) is 6.54 Å². The van der Waals surface area contributed by atoms with Crippen molar-refractivity contribution in [2.24, 2.45) is 0 Å². The highest BCUT2D eigenvalue weighted by molar-refractivity contribution is 7.98. The molecular weight excluding hydrogens is 314 g/mol. The lowest BCUT2D eigenvalue weighted by atomic mass is 10.1. The maximum Gasteiger partial charge on any atom is 0.307 e. The van der Waals surface area contributed by atoms with Gasteiger partial charge in [-0.1, -0.05) is 0 Å². The fourth-order valence-electron chi connectivity index (χ4n) is 1.75. The summed E-state index contributed by atoms with van der Waals surface area (Å²) in [5.74, 6) is 0.183. The molecule has 0 aliphatic carbocycles. The fraction of sp³-hybridized carbons (Fsp3) is 0.462. The van der Waals surface area contributed by atoms with E-state index in [9.17, 15) is 13.2 Å². The number of carboxylic acids is 1. The first-order valence-electron chi connectivity index (χ1n) is 6.28. The summed E-state index contributed by atoms with van der Waals surface area (Å²) in [5.41, 5.74) is 0.208. The number of sulfonamides is 1. The Balaban J connectivity index is 3.00. The Labute approximate surface area is 128 Å². The summed E-state index contributed by atoms with van der Waals surface area (Å²) in [4.78, 5) is 10.9. The van der Waals surface area contributed by atoms with Crippen molar-refractivity contribution in [3.63, 3.8) is 0 Å². The van der Waals surface area contributed by atoms with Crippen LogP contribution in [0.4, 0.5) is 0 Å². The Hall–Kier alpha value is -1.25. The maximum absolute atomic E-state index is 12.2. The number of methoxy groups -OCH3 is 1. The Kier molecular flexibility index (Phi) is 7.00. The largest absolute Gasteiger partial charge is 0.497 e. The van der Waals surface area contributed by atoms with Crippen molar-refractivity contribution in [3.8, 4) is 5.75 Å². The van der Waals surface area contributed by atoms with Gasteiger partial charge in [0.25, 0.3) is 0 Å². The van der Waals surface area contributed by atoms with Gasteiger partial charge in [-0.2, -0.15) is 11.8 Å². The lowest BCUT2D eigenvalue weighted by Gasteiger charge is -2.12. The molecule has 0 saturated carbocycles. The van der Waals surface area contributed by atoms with E-state index < -0.39 is 16.0 Å². The van der Waals surface area contributed by atoms with E-state index in [1.54, 1.807) is 11.8 Å². The van der Waals surface area contributed by atoms with E-state index in [4.69, 9.17) is 9.84 Å². The van der Waals surface area contributed by atoms with E-state index >= 15 is 0 Å². The van der Waals surface area contributed by atoms with Crippen LogP contribution < -0.4 is 9.46 Å². The molecular formula is C13H19NO5S2. The molecule has 2 N–H and O–H groups in total. The number of benzene rings is 1. The molecule has 0 aliphatic heterocycles. The molecule has 0 saturated heterocycles. The second-order valence-electron chi connectivity index (χ2n) is 4.29. The van der Waals surface area contributed by atoms with Crippen LogP contribution in [0, 0.1) is 0 Å². The van der Waals surface area contributed by atoms with Gasteiger partial charge in [-0.05, 0) is 42.2 Å². The Morgan fingerprint density at radius 2 is 2.14 bits per heavy atom. The summed E-state index contributed by atoms with van der Waals surface area (Å²) >= 11 is 1.64. The number of carboxylic acid groups (broad SMARTS) is 1. The van der Waals surface area contributed by atoms with E-state index in [1.165, 1.54) is 25.3 Å². The van der Waals surface area contributed by atoms with Crippen molar-refractivity contribution in [1.82, 2.24) is 4.72 Å². The van der Waals surface area contributed by atoms with Crippen LogP contribution in [0.25, 0.3) is 0 Å². The topological polar surface area (TPSA) is 92.7 Å². The van der Waals surface area contributed by atoms with E-state index in [0.717, 1.165) is 5.75 Å². The van der Waals surface area contributed by atoms with Crippen LogP contribution in [-0.2, 0) is 21.2 Å². The Bertz CT molecular complexity index is 586. The Morgan fingerprint density at radius 1 is 1.43 bits per heavy atom. The highest BCUT2D eigenvalue weighted by atomic mass is 32.2. The average molecular weight is 333 g/mol. The van der Waals surface area contributed by atoms with E-state index in [-0.39, 0.29) is 16.9 Å². The van der Waals surface area contributed by atoms with Crippen LogP contribution in [0.1, 0.15) is 12.0 Å². The number of carbonyl (C=O) groups is 1. The molecule has 21 heavy (non-hydrogen) atoms. The molecule has 0 amide bonds. The van der Waals surface area contributed by atoms with Gasteiger partial charge in [0.05, 0.1) is 18.4 Å². The molecule has 0 aromatic heterocycles. The molecule has 1 rings (SSSR count).